The molecule has 1 aliphatic rings. The SMILES string of the molecule is Nc1[nH+]c2c(s1)CCCc1ccc(F)cc1-2. The lowest BCUT2D eigenvalue weighted by Gasteiger charge is -2.03. The van der Waals surface area contributed by atoms with Crippen molar-refractivity contribution in [1.29, 1.82) is 0 Å². The number of anilines is 1. The van der Waals surface area contributed by atoms with E-state index in [1.165, 1.54) is 16.5 Å². The molecule has 0 spiro atoms. The molecule has 3 rings (SSSR count). The van der Waals surface area contributed by atoms with Crippen LogP contribution in [0.1, 0.15) is 16.9 Å². The Balaban J connectivity index is 2.27. The van der Waals surface area contributed by atoms with Crippen LogP contribution in [0.2, 0.25) is 0 Å². The van der Waals surface area contributed by atoms with Gasteiger partial charge < -0.3 is 0 Å². The summed E-state index contributed by atoms with van der Waals surface area (Å²) < 4.78 is 13.3. The van der Waals surface area contributed by atoms with Gasteiger partial charge >= 0.3 is 5.13 Å². The topological polar surface area (TPSA) is 40.2 Å². The smallest absolute Gasteiger partial charge is 0.278 e. The lowest BCUT2D eigenvalue weighted by atomic mass is 10.0. The van der Waals surface area contributed by atoms with Crippen LogP contribution >= 0.6 is 11.3 Å². The molecule has 1 heterocycles. The van der Waals surface area contributed by atoms with Crippen LogP contribution in [0.4, 0.5) is 9.52 Å². The summed E-state index contributed by atoms with van der Waals surface area (Å²) in [5, 5.41) is 0.696. The number of aromatic amines is 1. The van der Waals surface area contributed by atoms with Gasteiger partial charge in [0.15, 0.2) is 0 Å². The van der Waals surface area contributed by atoms with Crippen LogP contribution < -0.4 is 10.7 Å². The summed E-state index contributed by atoms with van der Waals surface area (Å²) in [6.07, 6.45) is 3.12. The van der Waals surface area contributed by atoms with Crippen LogP contribution in [0, 0.1) is 5.82 Å². The third kappa shape index (κ3) is 1.50. The second-order valence-corrected chi connectivity index (χ2v) is 5.18. The highest BCUT2D eigenvalue weighted by atomic mass is 32.1. The number of hydrogen-bond acceptors (Lipinski definition) is 2. The maximum Gasteiger partial charge on any atom is 0.330 e. The third-order valence-electron chi connectivity index (χ3n) is 2.95. The normalized spacial score (nSPS) is 14.1. The van der Waals surface area contributed by atoms with Gasteiger partial charge in [-0.25, -0.2) is 9.37 Å². The Morgan fingerprint density at radius 1 is 1.31 bits per heavy atom. The van der Waals surface area contributed by atoms with Gasteiger partial charge in [-0.05, 0) is 37.0 Å². The van der Waals surface area contributed by atoms with Crippen LogP contribution in [0.15, 0.2) is 18.2 Å². The molecule has 3 N–H and O–H groups in total. The van der Waals surface area contributed by atoms with E-state index in [-0.39, 0.29) is 5.82 Å². The molecule has 0 saturated heterocycles. The lowest BCUT2D eigenvalue weighted by molar-refractivity contribution is -0.341. The molecular formula is C12H12FN2S+. The molecule has 0 atom stereocenters. The summed E-state index contributed by atoms with van der Waals surface area (Å²) >= 11 is 1.57. The van der Waals surface area contributed by atoms with E-state index in [1.807, 2.05) is 6.07 Å². The molecule has 82 valence electrons. The van der Waals surface area contributed by atoms with E-state index >= 15 is 0 Å². The lowest BCUT2D eigenvalue weighted by Crippen LogP contribution is -2.08. The Bertz CT molecular complexity index is 548. The summed E-state index contributed by atoms with van der Waals surface area (Å²) in [6, 6.07) is 5.00. The van der Waals surface area contributed by atoms with E-state index in [0.717, 1.165) is 30.5 Å². The van der Waals surface area contributed by atoms with Crippen molar-refractivity contribution in [2.24, 2.45) is 0 Å². The van der Waals surface area contributed by atoms with E-state index in [1.54, 1.807) is 17.4 Å². The molecule has 2 aromatic rings. The third-order valence-corrected chi connectivity index (χ3v) is 3.93. The molecule has 0 unspecified atom stereocenters. The van der Waals surface area contributed by atoms with Crippen molar-refractivity contribution < 1.29 is 9.37 Å². The molecule has 1 aromatic heterocycles. The van der Waals surface area contributed by atoms with Gasteiger partial charge in [0.1, 0.15) is 11.5 Å². The van der Waals surface area contributed by atoms with Crippen LogP contribution in [-0.4, -0.2) is 0 Å². The fraction of sp³-hybridized carbons (Fsp3) is 0.250. The Labute approximate surface area is 96.9 Å². The standard InChI is InChI=1S/C12H11FN2S/c13-8-5-4-7-2-1-3-10-11(9(7)6-8)15-12(14)16-10/h4-6H,1-3H2,(H2,14,15)/p+1. The zero-order valence-corrected chi connectivity index (χ0v) is 9.53. The van der Waals surface area contributed by atoms with Gasteiger partial charge in [0, 0.05) is 5.56 Å². The molecule has 1 aromatic carbocycles. The van der Waals surface area contributed by atoms with Crippen molar-refractivity contribution in [1.82, 2.24) is 0 Å². The van der Waals surface area contributed by atoms with E-state index in [4.69, 9.17) is 5.73 Å². The first-order valence-corrected chi connectivity index (χ1v) is 6.15. The molecular weight excluding hydrogens is 223 g/mol. The number of rotatable bonds is 0. The van der Waals surface area contributed by atoms with Gasteiger partial charge in [-0.1, -0.05) is 17.4 Å². The molecule has 0 saturated carbocycles. The molecule has 1 aliphatic carbocycles. The number of aromatic nitrogens is 1. The highest BCUT2D eigenvalue weighted by Crippen LogP contribution is 2.33. The van der Waals surface area contributed by atoms with Crippen molar-refractivity contribution in [3.63, 3.8) is 0 Å². The summed E-state index contributed by atoms with van der Waals surface area (Å²) in [4.78, 5) is 4.39. The number of benzene rings is 1. The molecule has 4 heteroatoms. The number of fused-ring (bicyclic) bond motifs is 3. The van der Waals surface area contributed by atoms with Gasteiger partial charge in [-0.2, -0.15) is 0 Å². The number of nitrogen functional groups attached to an aromatic ring is 1. The van der Waals surface area contributed by atoms with E-state index in [9.17, 15) is 4.39 Å². The zero-order valence-electron chi connectivity index (χ0n) is 8.72. The predicted octanol–water partition coefficient (Wildman–Crippen LogP) is 2.44. The summed E-state index contributed by atoms with van der Waals surface area (Å²) in [5.74, 6) is -0.190. The first-order valence-electron chi connectivity index (χ1n) is 5.33. The van der Waals surface area contributed by atoms with Crippen molar-refractivity contribution in [2.45, 2.75) is 19.3 Å². The number of nitrogens with two attached hydrogens (primary N) is 1. The fourth-order valence-electron chi connectivity index (χ4n) is 2.23. The molecule has 0 aliphatic heterocycles. The number of hydrogen-bond donors (Lipinski definition) is 1. The molecule has 0 amide bonds. The average molecular weight is 235 g/mol. The predicted molar refractivity (Wildman–Crippen MR) is 62.7 cm³/mol. The summed E-state index contributed by atoms with van der Waals surface area (Å²) in [6.45, 7) is 0. The molecule has 2 nitrogen and oxygen atoms in total. The second kappa shape index (κ2) is 3.56. The van der Waals surface area contributed by atoms with Gasteiger partial charge in [-0.3, -0.25) is 5.73 Å². The largest absolute Gasteiger partial charge is 0.330 e. The van der Waals surface area contributed by atoms with E-state index < -0.39 is 0 Å². The number of nitrogens with one attached hydrogen (secondary N) is 1. The maximum atomic E-state index is 13.3. The van der Waals surface area contributed by atoms with Gasteiger partial charge in [0.2, 0.25) is 0 Å². The number of thiazole rings is 1. The molecule has 0 fully saturated rings. The van der Waals surface area contributed by atoms with Crippen molar-refractivity contribution in [3.05, 3.63) is 34.5 Å². The fourth-order valence-corrected chi connectivity index (χ4v) is 3.16. The highest BCUT2D eigenvalue weighted by molar-refractivity contribution is 7.15. The van der Waals surface area contributed by atoms with Crippen LogP contribution in [0.3, 0.4) is 0 Å². The van der Waals surface area contributed by atoms with E-state index in [2.05, 4.69) is 4.98 Å². The van der Waals surface area contributed by atoms with Crippen LogP contribution in [0.25, 0.3) is 11.3 Å². The Kier molecular flexibility index (Phi) is 2.17. The monoisotopic (exact) mass is 235 g/mol. The zero-order chi connectivity index (χ0) is 11.1. The van der Waals surface area contributed by atoms with Gasteiger partial charge in [-0.15, -0.1) is 0 Å². The molecule has 0 bridgehead atoms. The second-order valence-electron chi connectivity index (χ2n) is 4.04. The first kappa shape index (κ1) is 9.78. The number of H-pyrrole nitrogens is 1. The van der Waals surface area contributed by atoms with Crippen molar-refractivity contribution in [2.75, 3.05) is 5.73 Å². The minimum atomic E-state index is -0.190. The quantitative estimate of drug-likeness (QED) is 0.748. The highest BCUT2D eigenvalue weighted by Gasteiger charge is 2.21. The van der Waals surface area contributed by atoms with Crippen LogP contribution in [-0.2, 0) is 12.8 Å². The minimum Gasteiger partial charge on any atom is -0.278 e. The summed E-state index contributed by atoms with van der Waals surface area (Å²) in [7, 11) is 0. The first-order chi connectivity index (χ1) is 7.74. The Morgan fingerprint density at radius 3 is 3.06 bits per heavy atom. The van der Waals surface area contributed by atoms with Crippen molar-refractivity contribution in [3.8, 4) is 11.3 Å². The molecule has 0 radical (unpaired) electrons. The maximum absolute atomic E-state index is 13.3. The van der Waals surface area contributed by atoms with Gasteiger partial charge in [0.05, 0.1) is 4.88 Å². The molecule has 16 heavy (non-hydrogen) atoms. The number of halogens is 1. The summed E-state index contributed by atoms with van der Waals surface area (Å²) in [5.41, 5.74) is 8.96. The number of aryl methyl sites for hydroxylation is 2. The van der Waals surface area contributed by atoms with Crippen molar-refractivity contribution >= 4 is 16.5 Å². The van der Waals surface area contributed by atoms with E-state index in [0.29, 0.717) is 5.13 Å². The minimum absolute atomic E-state index is 0.190. The Morgan fingerprint density at radius 2 is 2.19 bits per heavy atom. The average Bonchev–Trinajstić information content (AvgIpc) is 2.54. The van der Waals surface area contributed by atoms with Crippen LogP contribution in [0.5, 0.6) is 0 Å². The Hall–Kier alpha value is -1.42. The van der Waals surface area contributed by atoms with Gasteiger partial charge in [0.25, 0.3) is 0 Å².